The van der Waals surface area contributed by atoms with Crippen molar-refractivity contribution in [3.05, 3.63) is 28.3 Å². The lowest BCUT2D eigenvalue weighted by Gasteiger charge is -2.14. The van der Waals surface area contributed by atoms with Crippen LogP contribution in [0.4, 0.5) is 17.1 Å². The van der Waals surface area contributed by atoms with Gasteiger partial charge in [-0.2, -0.15) is 0 Å². The Bertz CT molecular complexity index is 438. The highest BCUT2D eigenvalue weighted by atomic mass is 16.6. The topological polar surface area (TPSA) is 76.4 Å². The third-order valence-electron chi connectivity index (χ3n) is 2.81. The number of non-ortho nitro benzene ring substituents is 1. The van der Waals surface area contributed by atoms with Crippen molar-refractivity contribution in [2.24, 2.45) is 5.92 Å². The summed E-state index contributed by atoms with van der Waals surface area (Å²) in [6, 6.07) is 5.00. The Morgan fingerprint density at radius 3 is 2.50 bits per heavy atom. The van der Waals surface area contributed by atoms with Crippen LogP contribution in [0.3, 0.4) is 0 Å². The molecule has 0 saturated heterocycles. The van der Waals surface area contributed by atoms with Crippen molar-refractivity contribution in [3.8, 4) is 0 Å². The molecule has 0 heterocycles. The molecule has 0 spiro atoms. The molecule has 0 radical (unpaired) electrons. The van der Waals surface area contributed by atoms with Gasteiger partial charge in [0, 0.05) is 43.7 Å². The third-order valence-corrected chi connectivity index (χ3v) is 2.81. The summed E-state index contributed by atoms with van der Waals surface area (Å²) >= 11 is 0. The number of nitro benzene ring substituents is 1. The van der Waals surface area contributed by atoms with Crippen molar-refractivity contribution >= 4 is 17.1 Å². The molecular formula is C14H23N3O3. The van der Waals surface area contributed by atoms with E-state index in [9.17, 15) is 10.1 Å². The molecule has 6 heteroatoms. The van der Waals surface area contributed by atoms with Gasteiger partial charge in [0.2, 0.25) is 0 Å². The number of anilines is 2. The van der Waals surface area contributed by atoms with Crippen LogP contribution in [0.25, 0.3) is 0 Å². The number of ether oxygens (including phenoxy) is 1. The average molecular weight is 281 g/mol. The van der Waals surface area contributed by atoms with Crippen LogP contribution >= 0.6 is 0 Å². The summed E-state index contributed by atoms with van der Waals surface area (Å²) < 4.78 is 5.07. The van der Waals surface area contributed by atoms with E-state index in [1.165, 1.54) is 0 Å². The molecule has 0 saturated carbocycles. The number of methoxy groups -OCH3 is 1. The Kier molecular flexibility index (Phi) is 6.79. The summed E-state index contributed by atoms with van der Waals surface area (Å²) in [6.07, 6.45) is 0.969. The summed E-state index contributed by atoms with van der Waals surface area (Å²) in [7, 11) is 1.66. The molecule has 0 aliphatic carbocycles. The van der Waals surface area contributed by atoms with Crippen LogP contribution in [-0.4, -0.2) is 31.7 Å². The molecule has 112 valence electrons. The minimum Gasteiger partial charge on any atom is -0.385 e. The molecule has 1 unspecified atom stereocenters. The summed E-state index contributed by atoms with van der Waals surface area (Å²) in [6.45, 7) is 6.27. The fourth-order valence-corrected chi connectivity index (χ4v) is 1.83. The van der Waals surface area contributed by atoms with E-state index in [4.69, 9.17) is 4.74 Å². The van der Waals surface area contributed by atoms with E-state index in [0.717, 1.165) is 24.3 Å². The first-order chi connectivity index (χ1) is 9.56. The maximum absolute atomic E-state index is 10.9. The van der Waals surface area contributed by atoms with Crippen molar-refractivity contribution < 1.29 is 9.66 Å². The average Bonchev–Trinajstić information content (AvgIpc) is 2.43. The lowest BCUT2D eigenvalue weighted by atomic mass is 10.2. The van der Waals surface area contributed by atoms with Gasteiger partial charge in [-0.1, -0.05) is 13.8 Å². The molecule has 0 fully saturated rings. The first-order valence-electron chi connectivity index (χ1n) is 6.83. The van der Waals surface area contributed by atoms with E-state index in [1.807, 2.05) is 6.07 Å². The van der Waals surface area contributed by atoms with Crippen molar-refractivity contribution in [1.82, 2.24) is 0 Å². The van der Waals surface area contributed by atoms with E-state index in [-0.39, 0.29) is 10.6 Å². The fraction of sp³-hybridized carbons (Fsp3) is 0.571. The Hall–Kier alpha value is -1.82. The Labute approximate surface area is 119 Å². The molecule has 1 atom stereocenters. The lowest BCUT2D eigenvalue weighted by molar-refractivity contribution is -0.384. The van der Waals surface area contributed by atoms with E-state index in [1.54, 1.807) is 19.2 Å². The van der Waals surface area contributed by atoms with Crippen LogP contribution in [0.15, 0.2) is 18.2 Å². The normalized spacial score (nSPS) is 11.9. The summed E-state index contributed by atoms with van der Waals surface area (Å²) in [4.78, 5) is 10.6. The van der Waals surface area contributed by atoms with Crippen LogP contribution in [-0.2, 0) is 4.74 Å². The minimum atomic E-state index is -0.374. The van der Waals surface area contributed by atoms with Crippen molar-refractivity contribution in [3.63, 3.8) is 0 Å². The van der Waals surface area contributed by atoms with Gasteiger partial charge in [0.15, 0.2) is 0 Å². The van der Waals surface area contributed by atoms with Crippen LogP contribution < -0.4 is 10.6 Å². The van der Waals surface area contributed by atoms with Gasteiger partial charge in [-0.3, -0.25) is 10.1 Å². The molecule has 1 aromatic rings. The predicted molar refractivity (Wildman–Crippen MR) is 81.4 cm³/mol. The van der Waals surface area contributed by atoms with Crippen molar-refractivity contribution in [2.45, 2.75) is 20.3 Å². The van der Waals surface area contributed by atoms with E-state index in [0.29, 0.717) is 19.1 Å². The lowest BCUT2D eigenvalue weighted by Crippen LogP contribution is -2.16. The summed E-state index contributed by atoms with van der Waals surface area (Å²) in [5, 5.41) is 17.3. The number of nitrogens with one attached hydrogen (secondary N) is 2. The molecule has 0 amide bonds. The molecule has 1 aromatic carbocycles. The first-order valence-corrected chi connectivity index (χ1v) is 6.83. The zero-order valence-electron chi connectivity index (χ0n) is 12.3. The maximum atomic E-state index is 10.9. The predicted octanol–water partition coefficient (Wildman–Crippen LogP) is 3.11. The Morgan fingerprint density at radius 1 is 1.30 bits per heavy atom. The molecule has 1 rings (SSSR count). The monoisotopic (exact) mass is 281 g/mol. The summed E-state index contributed by atoms with van der Waals surface area (Å²) in [5.74, 6) is 0.339. The molecule has 0 bridgehead atoms. The van der Waals surface area contributed by atoms with Gasteiger partial charge in [0.1, 0.15) is 0 Å². The number of hydrogen-bond donors (Lipinski definition) is 2. The van der Waals surface area contributed by atoms with Crippen LogP contribution in [0.2, 0.25) is 0 Å². The number of nitro groups is 1. The largest absolute Gasteiger partial charge is 0.385 e. The van der Waals surface area contributed by atoms with Gasteiger partial charge in [-0.05, 0) is 18.4 Å². The second-order valence-corrected chi connectivity index (χ2v) is 4.89. The molecular weight excluding hydrogens is 258 g/mol. The molecule has 0 aromatic heterocycles. The zero-order chi connectivity index (χ0) is 15.0. The van der Waals surface area contributed by atoms with Gasteiger partial charge in [-0.15, -0.1) is 0 Å². The van der Waals surface area contributed by atoms with Gasteiger partial charge in [0.25, 0.3) is 5.69 Å². The zero-order valence-corrected chi connectivity index (χ0v) is 12.3. The molecule has 6 nitrogen and oxygen atoms in total. The van der Waals surface area contributed by atoms with Gasteiger partial charge in [-0.25, -0.2) is 0 Å². The SMILES string of the molecule is CCCNc1cc(NCC(C)COC)cc([N+](=O)[O-])c1. The second-order valence-electron chi connectivity index (χ2n) is 4.89. The quantitative estimate of drug-likeness (QED) is 0.537. The number of nitrogens with zero attached hydrogens (tertiary/aromatic N) is 1. The highest BCUT2D eigenvalue weighted by Crippen LogP contribution is 2.24. The Balaban J connectivity index is 2.77. The number of benzene rings is 1. The first kappa shape index (κ1) is 16.2. The van der Waals surface area contributed by atoms with Gasteiger partial charge in [0.05, 0.1) is 11.5 Å². The minimum absolute atomic E-state index is 0.0907. The Morgan fingerprint density at radius 2 is 1.95 bits per heavy atom. The number of rotatable bonds is 9. The van der Waals surface area contributed by atoms with Crippen molar-refractivity contribution in [1.29, 1.82) is 0 Å². The van der Waals surface area contributed by atoms with Crippen LogP contribution in [0, 0.1) is 16.0 Å². The van der Waals surface area contributed by atoms with E-state index >= 15 is 0 Å². The highest BCUT2D eigenvalue weighted by molar-refractivity contribution is 5.63. The second kappa shape index (κ2) is 8.37. The van der Waals surface area contributed by atoms with Crippen LogP contribution in [0.5, 0.6) is 0 Å². The molecule has 20 heavy (non-hydrogen) atoms. The van der Waals surface area contributed by atoms with Crippen LogP contribution in [0.1, 0.15) is 20.3 Å². The fourth-order valence-electron chi connectivity index (χ4n) is 1.83. The highest BCUT2D eigenvalue weighted by Gasteiger charge is 2.10. The van der Waals surface area contributed by atoms with E-state index < -0.39 is 0 Å². The van der Waals surface area contributed by atoms with Crippen molar-refractivity contribution in [2.75, 3.05) is 37.4 Å². The third kappa shape index (κ3) is 5.44. The molecule has 0 aliphatic rings. The smallest absolute Gasteiger partial charge is 0.273 e. The molecule has 2 N–H and O–H groups in total. The number of hydrogen-bond acceptors (Lipinski definition) is 5. The van der Waals surface area contributed by atoms with Gasteiger partial charge >= 0.3 is 0 Å². The molecule has 0 aliphatic heterocycles. The van der Waals surface area contributed by atoms with E-state index in [2.05, 4.69) is 24.5 Å². The standard InChI is InChI=1S/C14H23N3O3/c1-4-5-15-12-6-13(8-14(7-12)17(18)19)16-9-11(2)10-20-3/h6-8,11,15-16H,4-5,9-10H2,1-3H3. The summed E-state index contributed by atoms with van der Waals surface area (Å²) in [5.41, 5.74) is 1.61. The van der Waals surface area contributed by atoms with Gasteiger partial charge < -0.3 is 15.4 Å². The maximum Gasteiger partial charge on any atom is 0.273 e.